The Morgan fingerprint density at radius 1 is 1.35 bits per heavy atom. The maximum Gasteiger partial charge on any atom is 0.125 e. The molecule has 1 N–H and O–H groups in total. The highest BCUT2D eigenvalue weighted by Crippen LogP contribution is 2.28. The minimum atomic E-state index is 0.0997. The van der Waals surface area contributed by atoms with Gasteiger partial charge in [-0.2, -0.15) is 0 Å². The van der Waals surface area contributed by atoms with Crippen molar-refractivity contribution in [3.63, 3.8) is 0 Å². The van der Waals surface area contributed by atoms with Gasteiger partial charge >= 0.3 is 0 Å². The second-order valence-electron chi connectivity index (χ2n) is 4.56. The van der Waals surface area contributed by atoms with Crippen molar-refractivity contribution >= 4 is 0 Å². The van der Waals surface area contributed by atoms with Gasteiger partial charge in [0, 0.05) is 18.7 Å². The molecule has 0 aromatic heterocycles. The minimum Gasteiger partial charge on any atom is -0.493 e. The van der Waals surface area contributed by atoms with Crippen LogP contribution in [-0.4, -0.2) is 26.3 Å². The fourth-order valence-electron chi connectivity index (χ4n) is 2.09. The van der Waals surface area contributed by atoms with Gasteiger partial charge in [0.1, 0.15) is 5.75 Å². The first-order chi connectivity index (χ1) is 8.31. The monoisotopic (exact) mass is 235 g/mol. The Bertz CT molecular complexity index is 354. The van der Waals surface area contributed by atoms with Crippen LogP contribution in [0.25, 0.3) is 0 Å². The van der Waals surface area contributed by atoms with Crippen molar-refractivity contribution in [3.8, 4) is 5.75 Å². The van der Waals surface area contributed by atoms with Crippen LogP contribution in [-0.2, 0) is 4.74 Å². The quantitative estimate of drug-likeness (QED) is 0.872. The molecule has 0 spiro atoms. The van der Waals surface area contributed by atoms with E-state index in [0.29, 0.717) is 12.5 Å². The number of hydrogen-bond acceptors (Lipinski definition) is 3. The van der Waals surface area contributed by atoms with Crippen LogP contribution < -0.4 is 10.1 Å². The predicted molar refractivity (Wildman–Crippen MR) is 68.3 cm³/mol. The zero-order valence-corrected chi connectivity index (χ0v) is 10.6. The van der Waals surface area contributed by atoms with Crippen LogP contribution in [0, 0.1) is 5.92 Å². The third-order valence-electron chi connectivity index (χ3n) is 2.97. The molecule has 1 heterocycles. The minimum absolute atomic E-state index is 0.0997. The van der Waals surface area contributed by atoms with Crippen LogP contribution in [0.4, 0.5) is 0 Å². The molecule has 0 amide bonds. The normalized spacial score (nSPS) is 25.3. The summed E-state index contributed by atoms with van der Waals surface area (Å²) in [6.07, 6.45) is 0.0997. The first-order valence-electron chi connectivity index (χ1n) is 6.35. The highest BCUT2D eigenvalue weighted by atomic mass is 16.5. The fraction of sp³-hybridized carbons (Fsp3) is 0.571. The fourth-order valence-corrected chi connectivity index (χ4v) is 2.09. The third kappa shape index (κ3) is 3.20. The number of benzene rings is 1. The van der Waals surface area contributed by atoms with Crippen LogP contribution in [0.5, 0.6) is 5.75 Å². The number of nitrogens with one attached hydrogen (secondary N) is 1. The molecule has 0 saturated carbocycles. The summed E-state index contributed by atoms with van der Waals surface area (Å²) in [6.45, 7) is 7.57. The summed E-state index contributed by atoms with van der Waals surface area (Å²) < 4.78 is 11.6. The van der Waals surface area contributed by atoms with Crippen molar-refractivity contribution in [3.05, 3.63) is 29.8 Å². The van der Waals surface area contributed by atoms with Gasteiger partial charge in [0.05, 0.1) is 19.3 Å². The molecule has 94 valence electrons. The second kappa shape index (κ2) is 6.03. The molecule has 1 saturated heterocycles. The molecule has 3 nitrogen and oxygen atoms in total. The summed E-state index contributed by atoms with van der Waals surface area (Å²) in [5.41, 5.74) is 1.15. The Balaban J connectivity index is 2.14. The molecule has 2 atom stereocenters. The summed E-state index contributed by atoms with van der Waals surface area (Å²) in [5.74, 6) is 1.51. The molecular weight excluding hydrogens is 214 g/mol. The maximum absolute atomic E-state index is 5.95. The van der Waals surface area contributed by atoms with Gasteiger partial charge in [-0.1, -0.05) is 25.1 Å². The summed E-state index contributed by atoms with van der Waals surface area (Å²) in [6, 6.07) is 8.14. The van der Waals surface area contributed by atoms with Gasteiger partial charge < -0.3 is 14.8 Å². The van der Waals surface area contributed by atoms with Crippen molar-refractivity contribution in [1.29, 1.82) is 0 Å². The van der Waals surface area contributed by atoms with Gasteiger partial charge in [0.25, 0.3) is 0 Å². The lowest BCUT2D eigenvalue weighted by molar-refractivity contribution is 0.0496. The van der Waals surface area contributed by atoms with Crippen LogP contribution in [0.3, 0.4) is 0 Å². The topological polar surface area (TPSA) is 30.5 Å². The van der Waals surface area contributed by atoms with Gasteiger partial charge in [0.2, 0.25) is 0 Å². The molecular formula is C14H21NO2. The lowest BCUT2D eigenvalue weighted by Gasteiger charge is -2.19. The van der Waals surface area contributed by atoms with Crippen molar-refractivity contribution in [1.82, 2.24) is 5.32 Å². The van der Waals surface area contributed by atoms with E-state index in [1.165, 1.54) is 0 Å². The van der Waals surface area contributed by atoms with Crippen molar-refractivity contribution in [2.45, 2.75) is 20.0 Å². The number of ether oxygens (including phenoxy) is 2. The zero-order chi connectivity index (χ0) is 12.1. The summed E-state index contributed by atoms with van der Waals surface area (Å²) in [5, 5.41) is 3.43. The number of rotatable bonds is 3. The molecule has 1 aromatic rings. The van der Waals surface area contributed by atoms with E-state index < -0.39 is 0 Å². The molecule has 3 heteroatoms. The summed E-state index contributed by atoms with van der Waals surface area (Å²) >= 11 is 0. The first kappa shape index (κ1) is 12.4. The SMILES string of the molecule is CCOc1ccccc1C1CNCC(C)CO1. The van der Waals surface area contributed by atoms with Crippen molar-refractivity contribution < 1.29 is 9.47 Å². The predicted octanol–water partition coefficient (Wildman–Crippen LogP) is 2.38. The largest absolute Gasteiger partial charge is 0.493 e. The van der Waals surface area contributed by atoms with E-state index in [2.05, 4.69) is 18.3 Å². The standard InChI is InChI=1S/C14H21NO2/c1-3-16-13-7-5-4-6-12(13)14-9-15-8-11(2)10-17-14/h4-7,11,14-15H,3,8-10H2,1-2H3. The van der Waals surface area contributed by atoms with E-state index in [1.807, 2.05) is 25.1 Å². The average molecular weight is 235 g/mol. The molecule has 1 aliphatic heterocycles. The van der Waals surface area contributed by atoms with E-state index >= 15 is 0 Å². The number of hydrogen-bond donors (Lipinski definition) is 1. The molecule has 17 heavy (non-hydrogen) atoms. The van der Waals surface area contributed by atoms with Gasteiger partial charge in [-0.3, -0.25) is 0 Å². The van der Waals surface area contributed by atoms with E-state index in [0.717, 1.165) is 31.0 Å². The molecule has 0 radical (unpaired) electrons. The Morgan fingerprint density at radius 2 is 2.18 bits per heavy atom. The van der Waals surface area contributed by atoms with Gasteiger partial charge in [-0.25, -0.2) is 0 Å². The molecule has 1 aliphatic rings. The lowest BCUT2D eigenvalue weighted by atomic mass is 10.1. The van der Waals surface area contributed by atoms with E-state index in [-0.39, 0.29) is 6.10 Å². The Morgan fingerprint density at radius 3 is 3.00 bits per heavy atom. The lowest BCUT2D eigenvalue weighted by Crippen LogP contribution is -2.22. The van der Waals surface area contributed by atoms with E-state index in [9.17, 15) is 0 Å². The third-order valence-corrected chi connectivity index (χ3v) is 2.97. The smallest absolute Gasteiger partial charge is 0.125 e. The van der Waals surface area contributed by atoms with Crippen molar-refractivity contribution in [2.75, 3.05) is 26.3 Å². The van der Waals surface area contributed by atoms with E-state index in [1.54, 1.807) is 0 Å². The second-order valence-corrected chi connectivity index (χ2v) is 4.56. The van der Waals surface area contributed by atoms with Gasteiger partial charge in [-0.05, 0) is 18.9 Å². The molecule has 2 rings (SSSR count). The molecule has 2 unspecified atom stereocenters. The average Bonchev–Trinajstić information content (AvgIpc) is 2.55. The van der Waals surface area contributed by atoms with E-state index in [4.69, 9.17) is 9.47 Å². The Labute approximate surface area is 103 Å². The highest BCUT2D eigenvalue weighted by Gasteiger charge is 2.20. The zero-order valence-electron chi connectivity index (χ0n) is 10.6. The summed E-state index contributed by atoms with van der Waals surface area (Å²) in [4.78, 5) is 0. The molecule has 1 fully saturated rings. The van der Waals surface area contributed by atoms with Crippen LogP contribution >= 0.6 is 0 Å². The van der Waals surface area contributed by atoms with Crippen LogP contribution in [0.1, 0.15) is 25.5 Å². The first-order valence-corrected chi connectivity index (χ1v) is 6.35. The van der Waals surface area contributed by atoms with Crippen molar-refractivity contribution in [2.24, 2.45) is 5.92 Å². The highest BCUT2D eigenvalue weighted by molar-refractivity contribution is 5.35. The van der Waals surface area contributed by atoms with Crippen LogP contribution in [0.15, 0.2) is 24.3 Å². The molecule has 0 aliphatic carbocycles. The van der Waals surface area contributed by atoms with Gasteiger partial charge in [0.15, 0.2) is 0 Å². The maximum atomic E-state index is 5.95. The molecule has 1 aromatic carbocycles. The van der Waals surface area contributed by atoms with Crippen LogP contribution in [0.2, 0.25) is 0 Å². The Kier molecular flexibility index (Phi) is 4.40. The Hall–Kier alpha value is -1.06. The number of para-hydroxylation sites is 1. The summed E-state index contributed by atoms with van der Waals surface area (Å²) in [7, 11) is 0. The van der Waals surface area contributed by atoms with Gasteiger partial charge in [-0.15, -0.1) is 0 Å². The molecule has 0 bridgehead atoms.